The maximum absolute atomic E-state index is 12.6. The minimum Gasteiger partial charge on any atom is -0.491 e. The zero-order valence-corrected chi connectivity index (χ0v) is 23.2. The Labute approximate surface area is 224 Å². The van der Waals surface area contributed by atoms with E-state index < -0.39 is 6.10 Å². The van der Waals surface area contributed by atoms with Crippen molar-refractivity contribution in [2.75, 3.05) is 31.6 Å². The molecular weight excluding hydrogens is 490 g/mol. The molecular formula is C28H38ClN5O3. The van der Waals surface area contributed by atoms with Gasteiger partial charge < -0.3 is 25.8 Å². The van der Waals surface area contributed by atoms with E-state index in [1.165, 1.54) is 6.92 Å². The molecule has 1 saturated carbocycles. The molecule has 0 bridgehead atoms. The Kier molecular flexibility index (Phi) is 8.11. The molecule has 37 heavy (non-hydrogen) atoms. The molecule has 1 saturated heterocycles. The highest BCUT2D eigenvalue weighted by molar-refractivity contribution is 6.33. The fourth-order valence-electron chi connectivity index (χ4n) is 5.54. The number of hydrogen-bond donors (Lipinski definition) is 3. The minimum atomic E-state index is -0.540. The SMILES string of the molecule is CCC[C@@H](O)COc1ccc(Cl)c(-c2nc(C(C(C)=O)=C(C)N)c(C)c(N3CC4(CC(NC)C4)C3)n2)c1. The zero-order valence-electron chi connectivity index (χ0n) is 22.4. The third kappa shape index (κ3) is 5.61. The molecule has 4 N–H and O–H groups in total. The van der Waals surface area contributed by atoms with E-state index in [1.807, 2.05) is 20.9 Å². The number of halogens is 1. The number of aliphatic hydroxyl groups is 1. The van der Waals surface area contributed by atoms with Crippen LogP contribution in [0.2, 0.25) is 5.02 Å². The molecule has 0 unspecified atom stereocenters. The van der Waals surface area contributed by atoms with Crippen LogP contribution in [0, 0.1) is 12.3 Å². The van der Waals surface area contributed by atoms with Crippen molar-refractivity contribution in [2.45, 2.75) is 65.5 Å². The largest absolute Gasteiger partial charge is 0.491 e. The van der Waals surface area contributed by atoms with Gasteiger partial charge in [0, 0.05) is 41.4 Å². The number of carbonyl (C=O) groups is 1. The van der Waals surface area contributed by atoms with Gasteiger partial charge in [0.25, 0.3) is 0 Å². The predicted octanol–water partition coefficient (Wildman–Crippen LogP) is 4.11. The van der Waals surface area contributed by atoms with Gasteiger partial charge in [-0.3, -0.25) is 4.79 Å². The quantitative estimate of drug-likeness (QED) is 0.395. The number of nitrogens with two attached hydrogens (primary N) is 1. The van der Waals surface area contributed by atoms with E-state index in [0.717, 1.165) is 43.7 Å². The van der Waals surface area contributed by atoms with Gasteiger partial charge in [-0.15, -0.1) is 0 Å². The molecule has 1 aromatic heterocycles. The predicted molar refractivity (Wildman–Crippen MR) is 148 cm³/mol. The average Bonchev–Trinajstić information content (AvgIpc) is 2.78. The summed E-state index contributed by atoms with van der Waals surface area (Å²) in [6.45, 7) is 9.19. The molecule has 1 atom stereocenters. The third-order valence-electron chi connectivity index (χ3n) is 7.47. The van der Waals surface area contributed by atoms with E-state index in [-0.39, 0.29) is 12.4 Å². The number of carbonyl (C=O) groups excluding carboxylic acids is 1. The van der Waals surface area contributed by atoms with Gasteiger partial charge in [0.15, 0.2) is 11.6 Å². The number of anilines is 1. The van der Waals surface area contributed by atoms with E-state index in [9.17, 15) is 9.90 Å². The number of Topliss-reactive ketones (excluding diaryl/α,β-unsaturated/α-hetero) is 1. The van der Waals surface area contributed by atoms with Crippen LogP contribution < -0.4 is 20.7 Å². The maximum Gasteiger partial charge on any atom is 0.163 e. The Morgan fingerprint density at radius 3 is 2.62 bits per heavy atom. The first-order valence-electron chi connectivity index (χ1n) is 13.0. The number of benzene rings is 1. The minimum absolute atomic E-state index is 0.150. The summed E-state index contributed by atoms with van der Waals surface area (Å²) >= 11 is 6.62. The number of nitrogens with one attached hydrogen (secondary N) is 1. The van der Waals surface area contributed by atoms with Crippen molar-refractivity contribution in [1.82, 2.24) is 15.3 Å². The highest BCUT2D eigenvalue weighted by Gasteiger charge is 2.52. The van der Waals surface area contributed by atoms with Crippen LogP contribution in [0.25, 0.3) is 17.0 Å². The lowest BCUT2D eigenvalue weighted by atomic mass is 9.60. The fraction of sp³-hybridized carbons (Fsp3) is 0.536. The molecule has 2 aromatic rings. The summed E-state index contributed by atoms with van der Waals surface area (Å²) in [6, 6.07) is 5.86. The molecule has 9 heteroatoms. The van der Waals surface area contributed by atoms with E-state index in [1.54, 1.807) is 25.1 Å². The number of ketones is 1. The number of ether oxygens (including phenoxy) is 1. The van der Waals surface area contributed by atoms with Crippen LogP contribution >= 0.6 is 11.6 Å². The second-order valence-corrected chi connectivity index (χ2v) is 11.0. The number of hydrogen-bond acceptors (Lipinski definition) is 8. The number of aromatic nitrogens is 2. The van der Waals surface area contributed by atoms with E-state index in [4.69, 9.17) is 32.0 Å². The van der Waals surface area contributed by atoms with Gasteiger partial charge in [0.1, 0.15) is 18.2 Å². The van der Waals surface area contributed by atoms with E-state index in [2.05, 4.69) is 10.2 Å². The maximum atomic E-state index is 12.6. The van der Waals surface area contributed by atoms with Gasteiger partial charge in [-0.05, 0) is 65.3 Å². The van der Waals surface area contributed by atoms with Gasteiger partial charge in [0.2, 0.25) is 0 Å². The zero-order chi connectivity index (χ0) is 26.9. The Bertz CT molecular complexity index is 1200. The number of aliphatic hydroxyl groups excluding tert-OH is 1. The topological polar surface area (TPSA) is 114 Å². The molecule has 0 radical (unpaired) electrons. The lowest BCUT2D eigenvalue weighted by molar-refractivity contribution is -0.111. The van der Waals surface area contributed by atoms with Gasteiger partial charge in [0.05, 0.1) is 22.4 Å². The molecule has 8 nitrogen and oxygen atoms in total. The fourth-order valence-corrected chi connectivity index (χ4v) is 5.75. The smallest absolute Gasteiger partial charge is 0.163 e. The lowest BCUT2D eigenvalue weighted by Gasteiger charge is -2.59. The Morgan fingerprint density at radius 2 is 2.03 bits per heavy atom. The molecule has 1 aliphatic heterocycles. The van der Waals surface area contributed by atoms with Gasteiger partial charge in [-0.1, -0.05) is 24.9 Å². The summed E-state index contributed by atoms with van der Waals surface area (Å²) in [5.41, 5.74) is 9.22. The molecule has 2 heterocycles. The number of allylic oxidation sites excluding steroid dienone is 2. The van der Waals surface area contributed by atoms with Crippen LogP contribution in [-0.4, -0.2) is 59.7 Å². The van der Waals surface area contributed by atoms with Gasteiger partial charge in [-0.2, -0.15) is 0 Å². The van der Waals surface area contributed by atoms with Crippen molar-refractivity contribution in [1.29, 1.82) is 0 Å². The Morgan fingerprint density at radius 1 is 1.32 bits per heavy atom. The normalized spacial score (nSPS) is 18.2. The van der Waals surface area contributed by atoms with Crippen LogP contribution in [0.5, 0.6) is 5.75 Å². The van der Waals surface area contributed by atoms with Crippen LogP contribution in [-0.2, 0) is 4.79 Å². The summed E-state index contributed by atoms with van der Waals surface area (Å²) in [5, 5.41) is 13.9. The standard InChI is InChI=1S/C28H38ClN5O3/c1-6-7-20(36)13-37-21-8-9-23(29)22(10-21)26-32-25(24(17(3)30)18(4)35)16(2)27(33-26)34-14-28(15-34)11-19(12-28)31-5/h8-10,19-20,31,36H,6-7,11-15,30H2,1-5H3/t20-/m1/s1. The number of nitrogens with zero attached hydrogens (tertiary/aromatic N) is 3. The van der Waals surface area contributed by atoms with Crippen molar-refractivity contribution in [3.05, 3.63) is 40.2 Å². The molecule has 2 fully saturated rings. The van der Waals surface area contributed by atoms with Crippen molar-refractivity contribution in [3.63, 3.8) is 0 Å². The summed E-state index contributed by atoms with van der Waals surface area (Å²) < 4.78 is 5.83. The van der Waals surface area contributed by atoms with Gasteiger partial charge in [-0.25, -0.2) is 9.97 Å². The summed E-state index contributed by atoms with van der Waals surface area (Å²) in [7, 11) is 2.01. The van der Waals surface area contributed by atoms with Crippen LogP contribution in [0.15, 0.2) is 23.9 Å². The monoisotopic (exact) mass is 527 g/mol. The molecule has 1 spiro atoms. The third-order valence-corrected chi connectivity index (χ3v) is 7.80. The molecule has 4 rings (SSSR count). The summed E-state index contributed by atoms with van der Waals surface area (Å²) in [4.78, 5) is 24.6. The second kappa shape index (κ2) is 11.0. The van der Waals surface area contributed by atoms with Crippen LogP contribution in [0.1, 0.15) is 57.7 Å². The first-order chi connectivity index (χ1) is 17.6. The highest BCUT2D eigenvalue weighted by atomic mass is 35.5. The van der Waals surface area contributed by atoms with Crippen molar-refractivity contribution >= 4 is 28.8 Å². The summed E-state index contributed by atoms with van der Waals surface area (Å²) in [6.07, 6.45) is 3.30. The first kappa shape index (κ1) is 27.4. The average molecular weight is 528 g/mol. The molecule has 1 aliphatic carbocycles. The highest BCUT2D eigenvalue weighted by Crippen LogP contribution is 2.50. The summed E-state index contributed by atoms with van der Waals surface area (Å²) in [5.74, 6) is 1.61. The number of rotatable bonds is 10. The van der Waals surface area contributed by atoms with E-state index >= 15 is 0 Å². The molecule has 2 aliphatic rings. The lowest BCUT2D eigenvalue weighted by Crippen LogP contribution is -2.66. The second-order valence-electron chi connectivity index (χ2n) is 10.6. The molecule has 0 amide bonds. The first-order valence-corrected chi connectivity index (χ1v) is 13.3. The van der Waals surface area contributed by atoms with Crippen molar-refractivity contribution in [2.24, 2.45) is 11.1 Å². The van der Waals surface area contributed by atoms with E-state index in [0.29, 0.717) is 57.0 Å². The van der Waals surface area contributed by atoms with Crippen molar-refractivity contribution < 1.29 is 14.6 Å². The molecule has 200 valence electrons. The Balaban J connectivity index is 1.73. The van der Waals surface area contributed by atoms with Crippen LogP contribution in [0.3, 0.4) is 0 Å². The van der Waals surface area contributed by atoms with Crippen molar-refractivity contribution in [3.8, 4) is 17.1 Å². The van der Waals surface area contributed by atoms with Gasteiger partial charge >= 0.3 is 0 Å². The Hall–Kier alpha value is -2.68. The van der Waals surface area contributed by atoms with Crippen LogP contribution in [0.4, 0.5) is 5.82 Å². The molecule has 1 aromatic carbocycles.